The Hall–Kier alpha value is -0.480. The van der Waals surface area contributed by atoms with Crippen LogP contribution < -0.4 is 0 Å². The summed E-state index contributed by atoms with van der Waals surface area (Å²) >= 11 is 0. The van der Waals surface area contributed by atoms with E-state index in [0.717, 1.165) is 11.8 Å². The third-order valence-corrected chi connectivity index (χ3v) is 5.69. The Morgan fingerprint density at radius 1 is 0.944 bits per heavy atom. The maximum absolute atomic E-state index is 10.8. The first-order chi connectivity index (χ1) is 8.62. The second-order valence-corrected chi connectivity index (χ2v) is 6.62. The van der Waals surface area contributed by atoms with Crippen LogP contribution in [-0.2, 0) is 0 Å². The first kappa shape index (κ1) is 13.9. The molecule has 0 aromatic heterocycles. The van der Waals surface area contributed by atoms with Gasteiger partial charge in [-0.05, 0) is 63.2 Å². The van der Waals surface area contributed by atoms with Crippen molar-refractivity contribution in [3.8, 4) is 12.3 Å². The molecular weight excluding hydrogens is 220 g/mol. The Labute approximate surface area is 112 Å². The van der Waals surface area contributed by atoms with Crippen LogP contribution in [0.3, 0.4) is 0 Å². The highest BCUT2D eigenvalue weighted by Gasteiger charge is 2.56. The van der Waals surface area contributed by atoms with Crippen LogP contribution in [0.5, 0.6) is 0 Å². The molecule has 0 aromatic rings. The van der Waals surface area contributed by atoms with E-state index in [1.54, 1.807) is 6.92 Å². The highest BCUT2D eigenvalue weighted by molar-refractivity contribution is 5.06. The second kappa shape index (κ2) is 5.66. The number of terminal acetylenes is 1. The van der Waals surface area contributed by atoms with Gasteiger partial charge in [-0.15, -0.1) is 12.3 Å². The molecule has 0 saturated heterocycles. The predicted molar refractivity (Wildman–Crippen MR) is 76.0 cm³/mol. The molecule has 0 aliphatic heterocycles. The summed E-state index contributed by atoms with van der Waals surface area (Å²) < 4.78 is 0. The van der Waals surface area contributed by atoms with E-state index in [1.807, 2.05) is 0 Å². The molecule has 102 valence electrons. The molecule has 0 aromatic carbocycles. The molecule has 3 aliphatic rings. The topological polar surface area (TPSA) is 20.2 Å². The first-order valence-electron chi connectivity index (χ1n) is 7.72. The van der Waals surface area contributed by atoms with Crippen LogP contribution >= 0.6 is 0 Å². The molecule has 0 radical (unpaired) electrons. The fourth-order valence-electron chi connectivity index (χ4n) is 5.07. The van der Waals surface area contributed by atoms with Crippen LogP contribution in [0.1, 0.15) is 65.2 Å². The van der Waals surface area contributed by atoms with Gasteiger partial charge in [0.15, 0.2) is 0 Å². The van der Waals surface area contributed by atoms with Gasteiger partial charge in [0.2, 0.25) is 0 Å². The van der Waals surface area contributed by atoms with Crippen molar-refractivity contribution in [2.45, 2.75) is 70.8 Å². The molecule has 0 bridgehead atoms. The van der Waals surface area contributed by atoms with Gasteiger partial charge in [-0.2, -0.15) is 0 Å². The summed E-state index contributed by atoms with van der Waals surface area (Å²) in [5, 5.41) is 10.8. The van der Waals surface area contributed by atoms with Gasteiger partial charge in [0, 0.05) is 0 Å². The summed E-state index contributed by atoms with van der Waals surface area (Å²) in [6.45, 7) is 3.80. The molecule has 0 spiro atoms. The molecular formula is C17H28O. The molecule has 1 N–H and O–H groups in total. The van der Waals surface area contributed by atoms with Gasteiger partial charge < -0.3 is 5.11 Å². The lowest BCUT2D eigenvalue weighted by Crippen LogP contribution is -2.39. The Morgan fingerprint density at radius 2 is 1.28 bits per heavy atom. The van der Waals surface area contributed by atoms with E-state index >= 15 is 0 Å². The van der Waals surface area contributed by atoms with Gasteiger partial charge >= 0.3 is 0 Å². The normalized spacial score (nSPS) is 46.1. The standard InChI is InChI=1S/C14H24O.C3H4/c1-14(15)12-8-4-2-6-10(12)11-7-3-5-9-13(11)14;1-3-2/h10-13,15H,2-9H2,1H3;1H,2H3. The van der Waals surface area contributed by atoms with E-state index in [2.05, 4.69) is 19.3 Å². The average molecular weight is 248 g/mol. The Morgan fingerprint density at radius 3 is 1.67 bits per heavy atom. The summed E-state index contributed by atoms with van der Waals surface area (Å²) in [5.74, 6) is 5.27. The molecule has 3 saturated carbocycles. The minimum Gasteiger partial charge on any atom is -0.390 e. The van der Waals surface area contributed by atoms with E-state index in [9.17, 15) is 5.11 Å². The van der Waals surface area contributed by atoms with Gasteiger partial charge in [0.1, 0.15) is 0 Å². The van der Waals surface area contributed by atoms with Crippen molar-refractivity contribution in [2.75, 3.05) is 0 Å². The lowest BCUT2D eigenvalue weighted by molar-refractivity contribution is -0.0418. The zero-order valence-corrected chi connectivity index (χ0v) is 12.0. The van der Waals surface area contributed by atoms with Gasteiger partial charge in [-0.25, -0.2) is 0 Å². The number of hydrogen-bond acceptors (Lipinski definition) is 1. The fourth-order valence-corrected chi connectivity index (χ4v) is 5.07. The molecule has 3 rings (SSSR count). The van der Waals surface area contributed by atoms with Crippen molar-refractivity contribution in [2.24, 2.45) is 23.7 Å². The molecule has 1 heteroatoms. The van der Waals surface area contributed by atoms with Gasteiger partial charge in [0.25, 0.3) is 0 Å². The summed E-state index contributed by atoms with van der Waals surface area (Å²) in [4.78, 5) is 0. The van der Waals surface area contributed by atoms with E-state index < -0.39 is 0 Å². The van der Waals surface area contributed by atoms with Crippen molar-refractivity contribution in [3.05, 3.63) is 0 Å². The number of rotatable bonds is 0. The maximum atomic E-state index is 10.8. The monoisotopic (exact) mass is 248 g/mol. The minimum atomic E-state index is -0.323. The van der Waals surface area contributed by atoms with Crippen molar-refractivity contribution in [3.63, 3.8) is 0 Å². The minimum absolute atomic E-state index is 0.323. The zero-order valence-electron chi connectivity index (χ0n) is 12.0. The zero-order chi connectivity index (χ0) is 13.2. The Balaban J connectivity index is 0.000000367. The largest absolute Gasteiger partial charge is 0.390 e. The van der Waals surface area contributed by atoms with Crippen LogP contribution in [0.2, 0.25) is 0 Å². The van der Waals surface area contributed by atoms with Crippen molar-refractivity contribution >= 4 is 0 Å². The first-order valence-corrected chi connectivity index (χ1v) is 7.72. The quantitative estimate of drug-likeness (QED) is 0.642. The van der Waals surface area contributed by atoms with Crippen LogP contribution in [0.4, 0.5) is 0 Å². The summed E-state index contributed by atoms with van der Waals surface area (Å²) in [6, 6.07) is 0. The van der Waals surface area contributed by atoms with Crippen LogP contribution in [0.15, 0.2) is 0 Å². The molecule has 0 amide bonds. The van der Waals surface area contributed by atoms with E-state index in [1.165, 1.54) is 51.4 Å². The molecule has 3 fully saturated rings. The maximum Gasteiger partial charge on any atom is 0.0681 e. The second-order valence-electron chi connectivity index (χ2n) is 6.62. The van der Waals surface area contributed by atoms with Gasteiger partial charge in [-0.1, -0.05) is 25.7 Å². The molecule has 0 heterocycles. The average Bonchev–Trinajstić information content (AvgIpc) is 2.61. The number of aliphatic hydroxyl groups is 1. The SMILES string of the molecule is C#CC.CC1(O)C2CCCCC2C2CCCCC21. The lowest BCUT2D eigenvalue weighted by atomic mass is 9.73. The third-order valence-electron chi connectivity index (χ3n) is 5.69. The van der Waals surface area contributed by atoms with E-state index in [-0.39, 0.29) is 5.60 Å². The van der Waals surface area contributed by atoms with Gasteiger partial charge in [-0.3, -0.25) is 0 Å². The lowest BCUT2D eigenvalue weighted by Gasteiger charge is -2.35. The Kier molecular flexibility index (Phi) is 4.38. The van der Waals surface area contributed by atoms with Crippen molar-refractivity contribution in [1.29, 1.82) is 0 Å². The van der Waals surface area contributed by atoms with Crippen LogP contribution in [0.25, 0.3) is 0 Å². The highest BCUT2D eigenvalue weighted by atomic mass is 16.3. The van der Waals surface area contributed by atoms with Crippen molar-refractivity contribution < 1.29 is 5.11 Å². The fraction of sp³-hybridized carbons (Fsp3) is 0.882. The number of hydrogen-bond donors (Lipinski definition) is 1. The molecule has 4 unspecified atom stereocenters. The van der Waals surface area contributed by atoms with Crippen LogP contribution in [0, 0.1) is 36.0 Å². The molecule has 4 atom stereocenters. The van der Waals surface area contributed by atoms with E-state index in [0.29, 0.717) is 11.8 Å². The van der Waals surface area contributed by atoms with E-state index in [4.69, 9.17) is 0 Å². The summed E-state index contributed by atoms with van der Waals surface area (Å²) in [5.41, 5.74) is -0.323. The number of fused-ring (bicyclic) bond motifs is 3. The molecule has 3 aliphatic carbocycles. The Bertz CT molecular complexity index is 288. The van der Waals surface area contributed by atoms with Crippen molar-refractivity contribution in [1.82, 2.24) is 0 Å². The summed E-state index contributed by atoms with van der Waals surface area (Å²) in [6.07, 6.45) is 15.5. The molecule has 18 heavy (non-hydrogen) atoms. The van der Waals surface area contributed by atoms with Crippen LogP contribution in [-0.4, -0.2) is 10.7 Å². The predicted octanol–water partition coefficient (Wildman–Crippen LogP) is 4.00. The molecule has 1 nitrogen and oxygen atoms in total. The highest BCUT2D eigenvalue weighted by Crippen LogP contribution is 2.58. The third kappa shape index (κ3) is 2.32. The van der Waals surface area contributed by atoms with Gasteiger partial charge in [0.05, 0.1) is 5.60 Å². The smallest absolute Gasteiger partial charge is 0.0681 e. The summed E-state index contributed by atoms with van der Waals surface area (Å²) in [7, 11) is 0.